The summed E-state index contributed by atoms with van der Waals surface area (Å²) in [4.78, 5) is 21.0. The minimum Gasteiger partial charge on any atom is -0.481 e. The lowest BCUT2D eigenvalue weighted by Crippen LogP contribution is -2.20. The van der Waals surface area contributed by atoms with Crippen LogP contribution in [0.1, 0.15) is 39.0 Å². The van der Waals surface area contributed by atoms with Gasteiger partial charge in [-0.25, -0.2) is 0 Å². The minimum atomic E-state index is -1.05. The average molecular weight is 234 g/mol. The number of unbranched alkanes of at least 4 members (excludes halogenated alkanes) is 3. The van der Waals surface area contributed by atoms with Crippen LogP contribution in [0.25, 0.3) is 0 Å². The van der Waals surface area contributed by atoms with Crippen molar-refractivity contribution >= 4 is 23.7 Å². The number of carboxylic acids is 2. The summed E-state index contributed by atoms with van der Waals surface area (Å²) in [7, 11) is 0. The van der Waals surface area contributed by atoms with Gasteiger partial charge in [-0.3, -0.25) is 9.59 Å². The van der Waals surface area contributed by atoms with Crippen LogP contribution in [0.5, 0.6) is 0 Å². The summed E-state index contributed by atoms with van der Waals surface area (Å²) in [5, 5.41) is 16.4. The van der Waals surface area contributed by atoms with Crippen LogP contribution in [0.15, 0.2) is 0 Å². The van der Waals surface area contributed by atoms with Gasteiger partial charge in [0.2, 0.25) is 0 Å². The summed E-state index contributed by atoms with van der Waals surface area (Å²) < 4.78 is 0. The Bertz CT molecular complexity index is 206. The second-order valence-corrected chi connectivity index (χ2v) is 4.67. The molecule has 4 nitrogen and oxygen atoms in total. The summed E-state index contributed by atoms with van der Waals surface area (Å²) in [5.74, 6) is -1.36. The quantitative estimate of drug-likeness (QED) is 0.598. The van der Waals surface area contributed by atoms with E-state index in [-0.39, 0.29) is 6.42 Å². The van der Waals surface area contributed by atoms with Crippen LogP contribution in [-0.2, 0) is 9.59 Å². The maximum absolute atomic E-state index is 10.7. The zero-order valence-corrected chi connectivity index (χ0v) is 9.76. The van der Waals surface area contributed by atoms with Gasteiger partial charge in [0.1, 0.15) is 5.25 Å². The zero-order valence-electron chi connectivity index (χ0n) is 8.94. The molecule has 0 fully saturated rings. The number of hydrogen-bond donors (Lipinski definition) is 2. The van der Waals surface area contributed by atoms with Crippen molar-refractivity contribution in [1.29, 1.82) is 0 Å². The third kappa shape index (κ3) is 8.30. The molecule has 0 unspecified atom stereocenters. The molecule has 0 aliphatic carbocycles. The second kappa shape index (κ2) is 8.59. The minimum absolute atomic E-state index is 0.298. The summed E-state index contributed by atoms with van der Waals surface area (Å²) in [6, 6.07) is 0. The third-order valence-corrected chi connectivity index (χ3v) is 3.25. The second-order valence-electron chi connectivity index (χ2n) is 3.36. The molecule has 2 N–H and O–H groups in total. The molecule has 5 heteroatoms. The molecule has 0 amide bonds. The number of hydrogen-bond acceptors (Lipinski definition) is 3. The van der Waals surface area contributed by atoms with E-state index in [1.807, 2.05) is 0 Å². The number of rotatable bonds is 9. The lowest BCUT2D eigenvalue weighted by Gasteiger charge is -2.08. The Morgan fingerprint density at radius 2 is 1.87 bits per heavy atom. The fourth-order valence-corrected chi connectivity index (χ4v) is 2.19. The molecule has 0 aliphatic heterocycles. The van der Waals surface area contributed by atoms with Crippen LogP contribution in [0.4, 0.5) is 0 Å². The van der Waals surface area contributed by atoms with Crippen molar-refractivity contribution < 1.29 is 19.8 Å². The Labute approximate surface area is 94.1 Å². The average Bonchev–Trinajstić information content (AvgIpc) is 2.15. The van der Waals surface area contributed by atoms with Gasteiger partial charge in [-0.1, -0.05) is 26.2 Å². The fourth-order valence-electron chi connectivity index (χ4n) is 1.13. The van der Waals surface area contributed by atoms with Crippen molar-refractivity contribution in [2.45, 2.75) is 44.3 Å². The number of thioether (sulfide) groups is 1. The highest BCUT2D eigenvalue weighted by molar-refractivity contribution is 8.00. The number of carboxylic acid groups (broad SMARTS) is 2. The van der Waals surface area contributed by atoms with Crippen LogP contribution >= 0.6 is 11.8 Å². The first kappa shape index (κ1) is 14.3. The Morgan fingerprint density at radius 3 is 2.33 bits per heavy atom. The smallest absolute Gasteiger partial charge is 0.317 e. The lowest BCUT2D eigenvalue weighted by molar-refractivity contribution is -0.142. The molecule has 0 aliphatic rings. The van der Waals surface area contributed by atoms with Gasteiger partial charge in [0.05, 0.1) is 6.42 Å². The van der Waals surface area contributed by atoms with Gasteiger partial charge in [0.25, 0.3) is 0 Å². The van der Waals surface area contributed by atoms with Crippen molar-refractivity contribution in [2.24, 2.45) is 0 Å². The monoisotopic (exact) mass is 234 g/mol. The molecular weight excluding hydrogens is 216 g/mol. The summed E-state index contributed by atoms with van der Waals surface area (Å²) in [6.07, 6.45) is 4.04. The topological polar surface area (TPSA) is 74.6 Å². The van der Waals surface area contributed by atoms with Crippen molar-refractivity contribution in [1.82, 2.24) is 0 Å². The van der Waals surface area contributed by atoms with Crippen molar-refractivity contribution in [3.8, 4) is 0 Å². The molecule has 0 aromatic carbocycles. The Morgan fingerprint density at radius 1 is 1.20 bits per heavy atom. The maximum Gasteiger partial charge on any atom is 0.317 e. The molecule has 0 saturated carbocycles. The first-order chi connectivity index (χ1) is 7.07. The first-order valence-electron chi connectivity index (χ1n) is 5.14. The Hall–Kier alpha value is -0.710. The molecule has 0 heterocycles. The number of carbonyl (C=O) groups is 2. The normalized spacial score (nSPS) is 12.3. The third-order valence-electron chi connectivity index (χ3n) is 1.95. The van der Waals surface area contributed by atoms with E-state index >= 15 is 0 Å². The first-order valence-corrected chi connectivity index (χ1v) is 6.19. The molecule has 1 atom stereocenters. The van der Waals surface area contributed by atoms with E-state index in [1.165, 1.54) is 11.8 Å². The molecule has 0 aromatic heterocycles. The Balaban J connectivity index is 3.67. The predicted molar refractivity (Wildman–Crippen MR) is 60.3 cm³/mol. The molecule has 0 saturated heterocycles. The molecule has 0 spiro atoms. The van der Waals surface area contributed by atoms with Crippen molar-refractivity contribution in [3.63, 3.8) is 0 Å². The van der Waals surface area contributed by atoms with Gasteiger partial charge >= 0.3 is 11.9 Å². The summed E-state index contributed by atoms with van der Waals surface area (Å²) >= 11 is 1.23. The van der Waals surface area contributed by atoms with Crippen molar-refractivity contribution in [3.05, 3.63) is 0 Å². The highest BCUT2D eigenvalue weighted by Gasteiger charge is 2.20. The maximum atomic E-state index is 10.7. The molecule has 0 aromatic rings. The van der Waals surface area contributed by atoms with E-state index in [4.69, 9.17) is 10.2 Å². The molecule has 0 radical (unpaired) electrons. The lowest BCUT2D eigenvalue weighted by atomic mass is 10.2. The van der Waals surface area contributed by atoms with Gasteiger partial charge in [-0.2, -0.15) is 0 Å². The largest absolute Gasteiger partial charge is 0.481 e. The van der Waals surface area contributed by atoms with Crippen LogP contribution in [0.2, 0.25) is 0 Å². The van der Waals surface area contributed by atoms with Gasteiger partial charge in [0.15, 0.2) is 0 Å². The Kier molecular flexibility index (Phi) is 8.18. The summed E-state index contributed by atoms with van der Waals surface area (Å²) in [6.45, 7) is 2.11. The molecule has 0 rings (SSSR count). The van der Waals surface area contributed by atoms with E-state index in [2.05, 4.69) is 6.92 Å². The van der Waals surface area contributed by atoms with Crippen molar-refractivity contribution in [2.75, 3.05) is 5.75 Å². The fraction of sp³-hybridized carbons (Fsp3) is 0.800. The van der Waals surface area contributed by atoms with E-state index in [9.17, 15) is 9.59 Å². The van der Waals surface area contributed by atoms with Gasteiger partial charge in [-0.05, 0) is 12.2 Å². The van der Waals surface area contributed by atoms with Crippen LogP contribution < -0.4 is 0 Å². The SMILES string of the molecule is CCCCCCS[C@H](CC(=O)O)C(=O)O. The van der Waals surface area contributed by atoms with Gasteiger partial charge in [0, 0.05) is 0 Å². The van der Waals surface area contributed by atoms with Crippen LogP contribution in [0, 0.1) is 0 Å². The highest BCUT2D eigenvalue weighted by atomic mass is 32.2. The highest BCUT2D eigenvalue weighted by Crippen LogP contribution is 2.17. The molecular formula is C10H18O4S. The van der Waals surface area contributed by atoms with Gasteiger partial charge < -0.3 is 10.2 Å². The van der Waals surface area contributed by atoms with Crippen LogP contribution in [0.3, 0.4) is 0 Å². The summed E-state index contributed by atoms with van der Waals surface area (Å²) in [5.41, 5.74) is 0. The van der Waals surface area contributed by atoms with E-state index < -0.39 is 17.2 Å². The zero-order chi connectivity index (χ0) is 11.7. The molecule has 88 valence electrons. The van der Waals surface area contributed by atoms with E-state index in [0.717, 1.165) is 31.4 Å². The van der Waals surface area contributed by atoms with Gasteiger partial charge in [-0.15, -0.1) is 11.8 Å². The predicted octanol–water partition coefficient (Wildman–Crippen LogP) is 2.23. The molecule has 15 heavy (non-hydrogen) atoms. The number of aliphatic carboxylic acids is 2. The van der Waals surface area contributed by atoms with E-state index in [1.54, 1.807) is 0 Å². The van der Waals surface area contributed by atoms with E-state index in [0.29, 0.717) is 0 Å². The van der Waals surface area contributed by atoms with Crippen LogP contribution in [-0.4, -0.2) is 33.2 Å². The standard InChI is InChI=1S/C10H18O4S/c1-2-3-4-5-6-15-8(10(13)14)7-9(11)12/h8H,2-7H2,1H3,(H,11,12)(H,13,14)/t8-/m1/s1. The molecule has 0 bridgehead atoms.